The van der Waals surface area contributed by atoms with Crippen molar-refractivity contribution in [2.75, 3.05) is 4.72 Å². The molecule has 0 aliphatic heterocycles. The first-order chi connectivity index (χ1) is 13.8. The van der Waals surface area contributed by atoms with Crippen molar-refractivity contribution in [1.82, 2.24) is 5.32 Å². The Bertz CT molecular complexity index is 1120. The Balaban J connectivity index is 1.79. The molecule has 0 unspecified atom stereocenters. The van der Waals surface area contributed by atoms with Crippen molar-refractivity contribution in [1.29, 1.82) is 0 Å². The number of anilines is 1. The van der Waals surface area contributed by atoms with Gasteiger partial charge >= 0.3 is 0 Å². The molecule has 3 rings (SSSR count). The Hall–Kier alpha value is -2.90. The van der Waals surface area contributed by atoms with Gasteiger partial charge in [0.1, 0.15) is 5.82 Å². The first-order valence-corrected chi connectivity index (χ1v) is 10.6. The van der Waals surface area contributed by atoms with Crippen LogP contribution in [0.5, 0.6) is 0 Å². The highest BCUT2D eigenvalue weighted by Gasteiger charge is 2.18. The lowest BCUT2D eigenvalue weighted by Crippen LogP contribution is -2.27. The summed E-state index contributed by atoms with van der Waals surface area (Å²) in [5.41, 5.74) is 1.04. The zero-order chi connectivity index (χ0) is 21.0. The number of nitrogens with one attached hydrogen (secondary N) is 2. The van der Waals surface area contributed by atoms with Crippen LogP contribution < -0.4 is 10.0 Å². The van der Waals surface area contributed by atoms with E-state index in [0.717, 1.165) is 5.56 Å². The molecule has 29 heavy (non-hydrogen) atoms. The van der Waals surface area contributed by atoms with Crippen molar-refractivity contribution >= 4 is 33.2 Å². The van der Waals surface area contributed by atoms with Gasteiger partial charge in [-0.2, -0.15) is 0 Å². The number of amides is 1. The van der Waals surface area contributed by atoms with Crippen molar-refractivity contribution in [3.05, 3.63) is 94.8 Å². The van der Waals surface area contributed by atoms with E-state index in [1.807, 2.05) is 0 Å². The van der Waals surface area contributed by atoms with Crippen LogP contribution >= 0.6 is 11.6 Å². The van der Waals surface area contributed by atoms with Crippen LogP contribution in [0.2, 0.25) is 5.02 Å². The molecule has 3 aromatic carbocycles. The van der Waals surface area contributed by atoms with Crippen LogP contribution in [0.25, 0.3) is 0 Å². The fraction of sp³-hybridized carbons (Fsp3) is 0.0952. The third-order valence-electron chi connectivity index (χ3n) is 4.23. The molecule has 0 saturated carbocycles. The predicted octanol–water partition coefficient (Wildman–Crippen LogP) is 4.77. The summed E-state index contributed by atoms with van der Waals surface area (Å²) in [6.07, 6.45) is 0. The number of sulfonamides is 1. The molecule has 0 aliphatic carbocycles. The number of carbonyl (C=O) groups excluding carboxylic acids is 1. The monoisotopic (exact) mass is 432 g/mol. The van der Waals surface area contributed by atoms with Crippen LogP contribution in [0.3, 0.4) is 0 Å². The van der Waals surface area contributed by atoms with Crippen LogP contribution in [-0.4, -0.2) is 14.3 Å². The Morgan fingerprint density at radius 2 is 1.66 bits per heavy atom. The second-order valence-corrected chi connectivity index (χ2v) is 8.45. The summed E-state index contributed by atoms with van der Waals surface area (Å²) >= 11 is 6.14. The maximum absolute atomic E-state index is 13.1. The number of halogens is 2. The van der Waals surface area contributed by atoms with Gasteiger partial charge in [0.15, 0.2) is 0 Å². The van der Waals surface area contributed by atoms with Gasteiger partial charge in [0.05, 0.1) is 21.5 Å². The molecule has 5 nitrogen and oxygen atoms in total. The van der Waals surface area contributed by atoms with E-state index in [1.165, 1.54) is 42.5 Å². The van der Waals surface area contributed by atoms with Crippen molar-refractivity contribution in [2.24, 2.45) is 0 Å². The Morgan fingerprint density at radius 1 is 1.00 bits per heavy atom. The standard InChI is InChI=1S/C21H18ClFN2O3S/c1-14(15-7-9-16(23)10-8-15)24-21(26)19-13-17(11-12-20(19)22)25-29(27,28)18-5-3-2-4-6-18/h2-14,25H,1H3,(H,24,26)/t14-/m1/s1. The second kappa shape index (κ2) is 8.63. The molecular weight excluding hydrogens is 415 g/mol. The van der Waals surface area contributed by atoms with Crippen LogP contribution in [0.15, 0.2) is 77.7 Å². The fourth-order valence-corrected chi connectivity index (χ4v) is 3.96. The summed E-state index contributed by atoms with van der Waals surface area (Å²) in [4.78, 5) is 12.8. The number of hydrogen-bond acceptors (Lipinski definition) is 3. The lowest BCUT2D eigenvalue weighted by molar-refractivity contribution is 0.0940. The van der Waals surface area contributed by atoms with Crippen LogP contribution in [-0.2, 0) is 10.0 Å². The van der Waals surface area contributed by atoms with Gasteiger partial charge in [0.25, 0.3) is 15.9 Å². The molecule has 1 amide bonds. The summed E-state index contributed by atoms with van der Waals surface area (Å²) in [6.45, 7) is 1.75. The number of hydrogen-bond donors (Lipinski definition) is 2. The zero-order valence-corrected chi connectivity index (χ0v) is 17.0. The summed E-state index contributed by atoms with van der Waals surface area (Å²) < 4.78 is 40.5. The summed E-state index contributed by atoms with van der Waals surface area (Å²) in [7, 11) is -3.80. The SMILES string of the molecule is C[C@@H](NC(=O)c1cc(NS(=O)(=O)c2ccccc2)ccc1Cl)c1ccc(F)cc1. The molecule has 0 heterocycles. The van der Waals surface area contributed by atoms with Gasteiger partial charge in [-0.25, -0.2) is 12.8 Å². The average Bonchev–Trinajstić information content (AvgIpc) is 2.70. The van der Waals surface area contributed by atoms with Gasteiger partial charge < -0.3 is 5.32 Å². The Morgan fingerprint density at radius 3 is 2.31 bits per heavy atom. The van der Waals surface area contributed by atoms with Crippen LogP contribution in [0.1, 0.15) is 28.9 Å². The first-order valence-electron chi connectivity index (χ1n) is 8.70. The number of carbonyl (C=O) groups is 1. The normalized spacial score (nSPS) is 12.2. The van der Waals surface area contributed by atoms with Crippen molar-refractivity contribution in [3.63, 3.8) is 0 Å². The second-order valence-electron chi connectivity index (χ2n) is 6.36. The van der Waals surface area contributed by atoms with E-state index in [-0.39, 0.29) is 27.0 Å². The molecule has 0 saturated heterocycles. The highest BCUT2D eigenvalue weighted by molar-refractivity contribution is 7.92. The molecule has 0 aliphatic rings. The number of rotatable bonds is 6. The van der Waals surface area contributed by atoms with Gasteiger partial charge in [-0.1, -0.05) is 41.9 Å². The van der Waals surface area contributed by atoms with Gasteiger partial charge in [-0.3, -0.25) is 9.52 Å². The van der Waals surface area contributed by atoms with E-state index in [0.29, 0.717) is 0 Å². The van der Waals surface area contributed by atoms with E-state index < -0.39 is 22.0 Å². The predicted molar refractivity (Wildman–Crippen MR) is 111 cm³/mol. The third kappa shape index (κ3) is 5.13. The molecule has 2 N–H and O–H groups in total. The van der Waals surface area contributed by atoms with Gasteiger partial charge in [0.2, 0.25) is 0 Å². The van der Waals surface area contributed by atoms with Crippen LogP contribution in [0, 0.1) is 5.82 Å². The van der Waals surface area contributed by atoms with Crippen LogP contribution in [0.4, 0.5) is 10.1 Å². The lowest BCUT2D eigenvalue weighted by Gasteiger charge is -2.16. The lowest BCUT2D eigenvalue weighted by atomic mass is 10.1. The Labute approximate surface area is 173 Å². The quantitative estimate of drug-likeness (QED) is 0.589. The molecule has 150 valence electrons. The van der Waals surface area contributed by atoms with Gasteiger partial charge in [0, 0.05) is 5.69 Å². The van der Waals surface area contributed by atoms with Gasteiger partial charge in [-0.05, 0) is 55.0 Å². The maximum atomic E-state index is 13.1. The molecular formula is C21H18ClFN2O3S. The van der Waals surface area contributed by atoms with Crippen molar-refractivity contribution in [2.45, 2.75) is 17.9 Å². The summed E-state index contributed by atoms with van der Waals surface area (Å²) in [5.74, 6) is -0.846. The minimum Gasteiger partial charge on any atom is -0.345 e. The summed E-state index contributed by atoms with van der Waals surface area (Å²) in [6, 6.07) is 17.5. The topological polar surface area (TPSA) is 75.3 Å². The highest BCUT2D eigenvalue weighted by Crippen LogP contribution is 2.24. The minimum atomic E-state index is -3.80. The minimum absolute atomic E-state index is 0.103. The smallest absolute Gasteiger partial charge is 0.261 e. The molecule has 0 spiro atoms. The molecule has 0 fully saturated rings. The van der Waals surface area contributed by atoms with E-state index in [1.54, 1.807) is 37.3 Å². The molecule has 1 atom stereocenters. The molecule has 0 radical (unpaired) electrons. The largest absolute Gasteiger partial charge is 0.345 e. The maximum Gasteiger partial charge on any atom is 0.261 e. The first kappa shape index (κ1) is 20.8. The van der Waals surface area contributed by atoms with E-state index >= 15 is 0 Å². The highest BCUT2D eigenvalue weighted by atomic mass is 35.5. The zero-order valence-electron chi connectivity index (χ0n) is 15.4. The Kier molecular flexibility index (Phi) is 6.20. The van der Waals surface area contributed by atoms with Gasteiger partial charge in [-0.15, -0.1) is 0 Å². The van der Waals surface area contributed by atoms with Crippen molar-refractivity contribution in [3.8, 4) is 0 Å². The fourth-order valence-electron chi connectivity index (χ4n) is 2.69. The molecule has 0 aromatic heterocycles. The van der Waals surface area contributed by atoms with E-state index in [9.17, 15) is 17.6 Å². The summed E-state index contributed by atoms with van der Waals surface area (Å²) in [5, 5.41) is 2.95. The third-order valence-corrected chi connectivity index (χ3v) is 5.96. The average molecular weight is 433 g/mol. The molecule has 0 bridgehead atoms. The number of benzene rings is 3. The van der Waals surface area contributed by atoms with Crippen molar-refractivity contribution < 1.29 is 17.6 Å². The van der Waals surface area contributed by atoms with E-state index in [2.05, 4.69) is 10.0 Å². The van der Waals surface area contributed by atoms with E-state index in [4.69, 9.17) is 11.6 Å². The molecule has 3 aromatic rings. The molecule has 8 heteroatoms.